The summed E-state index contributed by atoms with van der Waals surface area (Å²) in [5, 5.41) is 3.19. The van der Waals surface area contributed by atoms with Gasteiger partial charge in [0, 0.05) is 25.0 Å². The summed E-state index contributed by atoms with van der Waals surface area (Å²) in [6.07, 6.45) is 5.92. The molecule has 4 heteroatoms. The fourth-order valence-corrected chi connectivity index (χ4v) is 1.42. The van der Waals surface area contributed by atoms with E-state index in [0.717, 1.165) is 6.54 Å². The minimum Gasteiger partial charge on any atom is -0.329 e. The van der Waals surface area contributed by atoms with Gasteiger partial charge in [-0.25, -0.2) is 4.98 Å². The molecule has 14 heavy (non-hydrogen) atoms. The van der Waals surface area contributed by atoms with E-state index in [9.17, 15) is 4.79 Å². The summed E-state index contributed by atoms with van der Waals surface area (Å²) in [7, 11) is 0. The van der Waals surface area contributed by atoms with Crippen molar-refractivity contribution in [3.05, 3.63) is 18.2 Å². The van der Waals surface area contributed by atoms with Crippen LogP contribution in [0.4, 0.5) is 0 Å². The van der Waals surface area contributed by atoms with Crippen LogP contribution in [0.15, 0.2) is 12.4 Å². The lowest BCUT2D eigenvalue weighted by molar-refractivity contribution is 0.0976. The first-order valence-corrected chi connectivity index (χ1v) is 5.09. The van der Waals surface area contributed by atoms with Gasteiger partial charge in [-0.05, 0) is 19.8 Å². The molecule has 0 amide bonds. The van der Waals surface area contributed by atoms with Crippen LogP contribution in [0.1, 0.15) is 30.4 Å². The summed E-state index contributed by atoms with van der Waals surface area (Å²) in [6.45, 7) is 3.22. The second-order valence-corrected chi connectivity index (χ2v) is 3.62. The van der Waals surface area contributed by atoms with Gasteiger partial charge in [0.1, 0.15) is 0 Å². The summed E-state index contributed by atoms with van der Waals surface area (Å²) in [5.74, 6) is 0.657. The maximum atomic E-state index is 11.7. The van der Waals surface area contributed by atoms with Crippen LogP contribution in [0.2, 0.25) is 0 Å². The monoisotopic (exact) mass is 193 g/mol. The van der Waals surface area contributed by atoms with E-state index in [4.69, 9.17) is 0 Å². The van der Waals surface area contributed by atoms with Crippen molar-refractivity contribution in [2.75, 3.05) is 6.54 Å². The van der Waals surface area contributed by atoms with E-state index in [2.05, 4.69) is 10.3 Å². The molecule has 0 spiro atoms. The van der Waals surface area contributed by atoms with Gasteiger partial charge >= 0.3 is 0 Å². The molecular formula is C10H15N3O. The summed E-state index contributed by atoms with van der Waals surface area (Å²) in [4.78, 5) is 15.7. The minimum atomic E-state index is 0.0868. The molecule has 0 aliphatic heterocycles. The zero-order valence-electron chi connectivity index (χ0n) is 8.36. The molecular weight excluding hydrogens is 178 g/mol. The summed E-state index contributed by atoms with van der Waals surface area (Å²) < 4.78 is 1.87. The van der Waals surface area contributed by atoms with Crippen LogP contribution in [0.5, 0.6) is 0 Å². The van der Waals surface area contributed by atoms with Crippen molar-refractivity contribution < 1.29 is 4.79 Å². The molecule has 4 nitrogen and oxygen atoms in total. The second-order valence-electron chi connectivity index (χ2n) is 3.62. The lowest BCUT2D eigenvalue weighted by Crippen LogP contribution is -2.26. The van der Waals surface area contributed by atoms with Crippen molar-refractivity contribution in [3.8, 4) is 0 Å². The van der Waals surface area contributed by atoms with Crippen LogP contribution in [0.3, 0.4) is 0 Å². The van der Waals surface area contributed by atoms with E-state index in [1.165, 1.54) is 12.8 Å². The van der Waals surface area contributed by atoms with Gasteiger partial charge in [0.15, 0.2) is 5.82 Å². The van der Waals surface area contributed by atoms with Crippen molar-refractivity contribution in [1.82, 2.24) is 14.9 Å². The van der Waals surface area contributed by atoms with E-state index in [1.54, 1.807) is 6.20 Å². The fourth-order valence-electron chi connectivity index (χ4n) is 1.42. The number of nitrogens with zero attached hydrogens (tertiary/aromatic N) is 2. The Kier molecular flexibility index (Phi) is 2.63. The quantitative estimate of drug-likeness (QED) is 0.705. The van der Waals surface area contributed by atoms with Crippen LogP contribution in [-0.2, 0) is 6.54 Å². The summed E-state index contributed by atoms with van der Waals surface area (Å²) >= 11 is 0. The smallest absolute Gasteiger partial charge is 0.211 e. The maximum absolute atomic E-state index is 11.7. The second kappa shape index (κ2) is 3.92. The molecule has 1 heterocycles. The molecule has 0 bridgehead atoms. The number of carbonyl (C=O) groups excluding carboxylic acids is 1. The van der Waals surface area contributed by atoms with Gasteiger partial charge in [-0.3, -0.25) is 4.79 Å². The van der Waals surface area contributed by atoms with Crippen molar-refractivity contribution >= 4 is 5.78 Å². The number of imidazole rings is 1. The number of carbonyl (C=O) groups is 1. The molecule has 1 aromatic rings. The van der Waals surface area contributed by atoms with Gasteiger partial charge in [0.25, 0.3) is 0 Å². The Morgan fingerprint density at radius 3 is 3.14 bits per heavy atom. The molecule has 0 radical (unpaired) electrons. The van der Waals surface area contributed by atoms with Crippen molar-refractivity contribution in [2.45, 2.75) is 32.4 Å². The third-order valence-electron chi connectivity index (χ3n) is 2.43. The van der Waals surface area contributed by atoms with Gasteiger partial charge in [0.2, 0.25) is 5.78 Å². The number of aromatic nitrogens is 2. The molecule has 1 aromatic heterocycles. The first kappa shape index (κ1) is 9.40. The van der Waals surface area contributed by atoms with Crippen LogP contribution in [0.25, 0.3) is 0 Å². The molecule has 1 N–H and O–H groups in total. The van der Waals surface area contributed by atoms with Gasteiger partial charge in [-0.15, -0.1) is 0 Å². The zero-order chi connectivity index (χ0) is 9.97. The third kappa shape index (κ3) is 2.01. The van der Waals surface area contributed by atoms with E-state index < -0.39 is 0 Å². The largest absolute Gasteiger partial charge is 0.329 e. The number of aryl methyl sites for hydroxylation is 1. The van der Waals surface area contributed by atoms with E-state index in [0.29, 0.717) is 18.4 Å². The number of hydrogen-bond donors (Lipinski definition) is 1. The molecule has 0 unspecified atom stereocenters. The Morgan fingerprint density at radius 1 is 1.71 bits per heavy atom. The summed E-state index contributed by atoms with van der Waals surface area (Å²) in [6, 6.07) is 0.573. The number of nitrogens with one attached hydrogen (secondary N) is 1. The molecule has 76 valence electrons. The molecule has 1 aliphatic carbocycles. The van der Waals surface area contributed by atoms with E-state index >= 15 is 0 Å². The Bertz CT molecular complexity index is 328. The van der Waals surface area contributed by atoms with Gasteiger partial charge in [-0.2, -0.15) is 0 Å². The highest BCUT2D eigenvalue weighted by molar-refractivity contribution is 5.94. The highest BCUT2D eigenvalue weighted by atomic mass is 16.1. The number of hydrogen-bond acceptors (Lipinski definition) is 3. The van der Waals surface area contributed by atoms with Crippen LogP contribution in [0, 0.1) is 0 Å². The SMILES string of the molecule is CCn1ccnc1C(=O)CNC1CC1. The fraction of sp³-hybridized carbons (Fsp3) is 0.600. The minimum absolute atomic E-state index is 0.0868. The average Bonchev–Trinajstić information content (AvgIpc) is 2.90. The molecule has 1 saturated carbocycles. The summed E-state index contributed by atoms with van der Waals surface area (Å²) in [5.41, 5.74) is 0. The molecule has 2 rings (SSSR count). The maximum Gasteiger partial charge on any atom is 0.211 e. The van der Waals surface area contributed by atoms with Gasteiger partial charge in [0.05, 0.1) is 6.54 Å². The molecule has 0 atom stereocenters. The Hall–Kier alpha value is -1.16. The van der Waals surface area contributed by atoms with Crippen LogP contribution in [-0.4, -0.2) is 27.9 Å². The topological polar surface area (TPSA) is 46.9 Å². The Balaban J connectivity index is 1.94. The molecule has 1 fully saturated rings. The highest BCUT2D eigenvalue weighted by Crippen LogP contribution is 2.18. The molecule has 0 saturated heterocycles. The predicted molar refractivity (Wildman–Crippen MR) is 53.3 cm³/mol. The molecule has 1 aliphatic rings. The molecule has 0 aromatic carbocycles. The average molecular weight is 193 g/mol. The van der Waals surface area contributed by atoms with Gasteiger partial charge < -0.3 is 9.88 Å². The predicted octanol–water partition coefficient (Wildman–Crippen LogP) is 0.838. The van der Waals surface area contributed by atoms with Crippen molar-refractivity contribution in [2.24, 2.45) is 0 Å². The van der Waals surface area contributed by atoms with E-state index in [1.807, 2.05) is 17.7 Å². The normalized spacial score (nSPS) is 15.8. The third-order valence-corrected chi connectivity index (χ3v) is 2.43. The van der Waals surface area contributed by atoms with Crippen LogP contribution < -0.4 is 5.32 Å². The van der Waals surface area contributed by atoms with Crippen LogP contribution >= 0.6 is 0 Å². The number of ketones is 1. The first-order chi connectivity index (χ1) is 6.81. The lowest BCUT2D eigenvalue weighted by atomic mass is 10.3. The Morgan fingerprint density at radius 2 is 2.50 bits per heavy atom. The van der Waals surface area contributed by atoms with Crippen molar-refractivity contribution in [1.29, 1.82) is 0 Å². The number of rotatable bonds is 5. The number of Topliss-reactive ketones (excluding diaryl/α,β-unsaturated/α-hetero) is 1. The van der Waals surface area contributed by atoms with Gasteiger partial charge in [-0.1, -0.05) is 0 Å². The first-order valence-electron chi connectivity index (χ1n) is 5.09. The zero-order valence-corrected chi connectivity index (χ0v) is 8.36. The highest BCUT2D eigenvalue weighted by Gasteiger charge is 2.22. The Labute approximate surface area is 83.3 Å². The van der Waals surface area contributed by atoms with Crippen molar-refractivity contribution in [3.63, 3.8) is 0 Å². The lowest BCUT2D eigenvalue weighted by Gasteiger charge is -2.04. The van der Waals surface area contributed by atoms with E-state index in [-0.39, 0.29) is 5.78 Å². The standard InChI is InChI=1S/C10H15N3O/c1-2-13-6-5-11-10(13)9(14)7-12-8-3-4-8/h5-6,8,12H,2-4,7H2,1H3.